The zero-order chi connectivity index (χ0) is 15.2. The van der Waals surface area contributed by atoms with Crippen molar-refractivity contribution in [3.8, 4) is 11.5 Å². The lowest BCUT2D eigenvalue weighted by Gasteiger charge is -2.10. The molecule has 0 saturated heterocycles. The maximum atomic E-state index is 11.5. The van der Waals surface area contributed by atoms with E-state index < -0.39 is 0 Å². The first-order chi connectivity index (χ1) is 10.1. The van der Waals surface area contributed by atoms with E-state index in [0.717, 1.165) is 27.7 Å². The fourth-order valence-corrected chi connectivity index (χ4v) is 2.82. The molecule has 21 heavy (non-hydrogen) atoms. The predicted molar refractivity (Wildman–Crippen MR) is 85.6 cm³/mol. The van der Waals surface area contributed by atoms with Crippen molar-refractivity contribution in [2.75, 3.05) is 14.2 Å². The van der Waals surface area contributed by atoms with Gasteiger partial charge in [0.05, 0.1) is 14.2 Å². The van der Waals surface area contributed by atoms with Crippen molar-refractivity contribution in [1.29, 1.82) is 0 Å². The van der Waals surface area contributed by atoms with Crippen molar-refractivity contribution in [1.82, 2.24) is 0 Å². The quantitative estimate of drug-likeness (QED) is 0.592. The molecule has 0 spiro atoms. The van der Waals surface area contributed by atoms with Gasteiger partial charge in [0.2, 0.25) is 0 Å². The Labute approximate surface area is 129 Å². The molecule has 0 bridgehead atoms. The van der Waals surface area contributed by atoms with Crippen LogP contribution in [0.25, 0.3) is 0 Å². The summed E-state index contributed by atoms with van der Waals surface area (Å²) in [5, 5.41) is 0. The molecule has 4 heteroatoms. The third-order valence-electron chi connectivity index (χ3n) is 3.14. The van der Waals surface area contributed by atoms with Crippen molar-refractivity contribution in [2.24, 2.45) is 0 Å². The summed E-state index contributed by atoms with van der Waals surface area (Å²) in [7, 11) is 3.30. The molecule has 2 aromatic carbocycles. The molecule has 3 nitrogen and oxygen atoms in total. The molecule has 0 saturated carbocycles. The minimum Gasteiger partial charge on any atom is -0.497 e. The molecule has 0 N–H and O–H groups in total. The highest BCUT2D eigenvalue weighted by Gasteiger charge is 2.08. The van der Waals surface area contributed by atoms with Crippen molar-refractivity contribution < 1.29 is 14.3 Å². The minimum atomic E-state index is 0.0633. The number of benzene rings is 2. The number of methoxy groups -OCH3 is 2. The number of rotatable bonds is 6. The molecule has 0 heterocycles. The first-order valence-corrected chi connectivity index (χ1v) is 7.57. The summed E-state index contributed by atoms with van der Waals surface area (Å²) in [4.78, 5) is 12.6. The van der Waals surface area contributed by atoms with Crippen LogP contribution in [-0.4, -0.2) is 20.0 Å². The van der Waals surface area contributed by atoms with E-state index in [1.807, 2.05) is 36.4 Å². The molecule has 0 radical (unpaired) electrons. The van der Waals surface area contributed by atoms with Crippen LogP contribution in [0.5, 0.6) is 11.5 Å². The summed E-state index contributed by atoms with van der Waals surface area (Å²) in [6, 6.07) is 13.5. The lowest BCUT2D eigenvalue weighted by molar-refractivity contribution is 0.101. The molecule has 110 valence electrons. The zero-order valence-electron chi connectivity index (χ0n) is 12.4. The lowest BCUT2D eigenvalue weighted by Crippen LogP contribution is -1.96. The second-order valence-electron chi connectivity index (χ2n) is 4.55. The number of hydrogen-bond donors (Lipinski definition) is 0. The molecule has 2 aromatic rings. The Balaban J connectivity index is 2.13. The minimum absolute atomic E-state index is 0.0633. The van der Waals surface area contributed by atoms with Crippen LogP contribution in [0, 0.1) is 0 Å². The van der Waals surface area contributed by atoms with E-state index in [9.17, 15) is 4.79 Å². The topological polar surface area (TPSA) is 35.5 Å². The number of ether oxygens (including phenoxy) is 2. The first-order valence-electron chi connectivity index (χ1n) is 6.58. The van der Waals surface area contributed by atoms with Gasteiger partial charge in [-0.25, -0.2) is 0 Å². The van der Waals surface area contributed by atoms with E-state index in [0.29, 0.717) is 5.56 Å². The van der Waals surface area contributed by atoms with Gasteiger partial charge in [-0.2, -0.15) is 0 Å². The molecule has 0 aliphatic heterocycles. The number of carbonyl (C=O) groups is 1. The number of carbonyl (C=O) groups excluding carboxylic acids is 1. The van der Waals surface area contributed by atoms with Crippen molar-refractivity contribution in [3.05, 3.63) is 53.6 Å². The largest absolute Gasteiger partial charge is 0.497 e. The van der Waals surface area contributed by atoms with Gasteiger partial charge < -0.3 is 9.47 Å². The van der Waals surface area contributed by atoms with Crippen LogP contribution in [0.3, 0.4) is 0 Å². The van der Waals surface area contributed by atoms with E-state index in [1.165, 1.54) is 0 Å². The molecule has 2 rings (SSSR count). The van der Waals surface area contributed by atoms with Crippen LogP contribution in [0.1, 0.15) is 22.8 Å². The highest BCUT2D eigenvalue weighted by Crippen LogP contribution is 2.29. The predicted octanol–water partition coefficient (Wildman–Crippen LogP) is 4.20. The number of ketones is 1. The van der Waals surface area contributed by atoms with Crippen molar-refractivity contribution in [3.63, 3.8) is 0 Å². The Morgan fingerprint density at radius 2 is 1.76 bits per heavy atom. The van der Waals surface area contributed by atoms with Crippen LogP contribution in [-0.2, 0) is 5.75 Å². The smallest absolute Gasteiger partial charge is 0.159 e. The highest BCUT2D eigenvalue weighted by atomic mass is 32.2. The summed E-state index contributed by atoms with van der Waals surface area (Å²) in [5.41, 5.74) is 1.73. The van der Waals surface area contributed by atoms with E-state index >= 15 is 0 Å². The van der Waals surface area contributed by atoms with Gasteiger partial charge in [-0.1, -0.05) is 0 Å². The van der Waals surface area contributed by atoms with Gasteiger partial charge in [0.25, 0.3) is 0 Å². The molecule has 0 amide bonds. The lowest BCUT2D eigenvalue weighted by atomic mass is 10.1. The highest BCUT2D eigenvalue weighted by molar-refractivity contribution is 7.98. The summed E-state index contributed by atoms with van der Waals surface area (Å²) >= 11 is 1.70. The Bertz CT molecular complexity index is 620. The SMILES string of the molecule is COc1ccc(SCc2cc(C(C)=O)ccc2OC)cc1. The van der Waals surface area contributed by atoms with Crippen LogP contribution in [0.15, 0.2) is 47.4 Å². The van der Waals surface area contributed by atoms with Gasteiger partial charge in [-0.15, -0.1) is 11.8 Å². The molecule has 0 atom stereocenters. The Kier molecular flexibility index (Phi) is 5.28. The third kappa shape index (κ3) is 4.02. The third-order valence-corrected chi connectivity index (χ3v) is 4.20. The summed E-state index contributed by atoms with van der Waals surface area (Å²) in [6.45, 7) is 1.57. The Hall–Kier alpha value is -1.94. The number of thioether (sulfide) groups is 1. The average molecular weight is 302 g/mol. The second-order valence-corrected chi connectivity index (χ2v) is 5.60. The standard InChI is InChI=1S/C17H18O3S/c1-12(18)13-4-9-17(20-3)14(10-13)11-21-16-7-5-15(19-2)6-8-16/h4-10H,11H2,1-3H3. The van der Waals surface area contributed by atoms with Gasteiger partial charge in [0.15, 0.2) is 5.78 Å². The number of Topliss-reactive ketones (excluding diaryl/α,β-unsaturated/α-hetero) is 1. The Morgan fingerprint density at radius 3 is 2.33 bits per heavy atom. The zero-order valence-corrected chi connectivity index (χ0v) is 13.2. The molecule has 0 aromatic heterocycles. The molecule has 0 fully saturated rings. The van der Waals surface area contributed by atoms with Crippen molar-refractivity contribution >= 4 is 17.5 Å². The van der Waals surface area contributed by atoms with Gasteiger partial charge >= 0.3 is 0 Å². The van der Waals surface area contributed by atoms with Crippen LogP contribution in [0.2, 0.25) is 0 Å². The molecular weight excluding hydrogens is 284 g/mol. The molecule has 0 aliphatic carbocycles. The van der Waals surface area contributed by atoms with Gasteiger partial charge in [0, 0.05) is 21.8 Å². The normalized spacial score (nSPS) is 10.2. The Morgan fingerprint density at radius 1 is 1.05 bits per heavy atom. The average Bonchev–Trinajstić information content (AvgIpc) is 2.53. The monoisotopic (exact) mass is 302 g/mol. The molecule has 0 aliphatic rings. The fourth-order valence-electron chi connectivity index (χ4n) is 1.94. The second kappa shape index (κ2) is 7.18. The van der Waals surface area contributed by atoms with Crippen LogP contribution in [0.4, 0.5) is 0 Å². The van der Waals surface area contributed by atoms with Gasteiger partial charge in [0.1, 0.15) is 11.5 Å². The van der Waals surface area contributed by atoms with E-state index in [-0.39, 0.29) is 5.78 Å². The summed E-state index contributed by atoms with van der Waals surface area (Å²) in [5.74, 6) is 2.46. The van der Waals surface area contributed by atoms with Gasteiger partial charge in [-0.05, 0) is 49.4 Å². The molecule has 0 unspecified atom stereocenters. The van der Waals surface area contributed by atoms with Crippen molar-refractivity contribution in [2.45, 2.75) is 17.6 Å². The van der Waals surface area contributed by atoms with Gasteiger partial charge in [-0.3, -0.25) is 4.79 Å². The van der Waals surface area contributed by atoms with E-state index in [4.69, 9.17) is 9.47 Å². The first kappa shape index (κ1) is 15.4. The fraction of sp³-hybridized carbons (Fsp3) is 0.235. The van der Waals surface area contributed by atoms with Crippen LogP contribution >= 0.6 is 11.8 Å². The van der Waals surface area contributed by atoms with E-state index in [2.05, 4.69) is 0 Å². The maximum Gasteiger partial charge on any atom is 0.159 e. The number of hydrogen-bond acceptors (Lipinski definition) is 4. The van der Waals surface area contributed by atoms with E-state index in [1.54, 1.807) is 39.0 Å². The van der Waals surface area contributed by atoms with Crippen LogP contribution < -0.4 is 9.47 Å². The molecular formula is C17H18O3S. The summed E-state index contributed by atoms with van der Waals surface area (Å²) in [6.07, 6.45) is 0. The maximum absolute atomic E-state index is 11.5. The summed E-state index contributed by atoms with van der Waals surface area (Å²) < 4.78 is 10.5.